The maximum absolute atomic E-state index is 11.0. The molecule has 0 aromatic carbocycles. The minimum atomic E-state index is -1.61. The fraction of sp³-hybridized carbons (Fsp3) is 0.875. The molecule has 0 amide bonds. The monoisotopic (exact) mass is 192 g/mol. The lowest BCUT2D eigenvalue weighted by atomic mass is 10.0. The zero-order valence-corrected chi connectivity index (χ0v) is 7.55. The summed E-state index contributed by atoms with van der Waals surface area (Å²) < 4.78 is 0. The average Bonchev–Trinajstić information content (AvgIpc) is 2.14. The van der Waals surface area contributed by atoms with E-state index in [0.29, 0.717) is 6.42 Å². The molecule has 3 atom stereocenters. The molecule has 5 nitrogen and oxygen atoms in total. The van der Waals surface area contributed by atoms with Crippen molar-refractivity contribution in [3.8, 4) is 0 Å². The summed E-state index contributed by atoms with van der Waals surface area (Å²) in [7, 11) is 0. The number of rotatable bonds is 6. The highest BCUT2D eigenvalue weighted by Crippen LogP contribution is 2.04. The summed E-state index contributed by atoms with van der Waals surface area (Å²) in [5, 5.41) is 35.6. The van der Waals surface area contributed by atoms with Crippen molar-refractivity contribution in [2.75, 3.05) is 6.61 Å². The zero-order valence-electron chi connectivity index (χ0n) is 7.55. The van der Waals surface area contributed by atoms with Gasteiger partial charge in [-0.2, -0.15) is 0 Å². The summed E-state index contributed by atoms with van der Waals surface area (Å²) in [6.45, 7) is 1.08. The minimum absolute atomic E-state index is 0.149. The van der Waals surface area contributed by atoms with Crippen LogP contribution in [-0.4, -0.2) is 51.1 Å². The van der Waals surface area contributed by atoms with Crippen molar-refractivity contribution in [1.82, 2.24) is 0 Å². The van der Waals surface area contributed by atoms with Gasteiger partial charge in [0.25, 0.3) is 0 Å². The van der Waals surface area contributed by atoms with E-state index in [1.165, 1.54) is 0 Å². The zero-order chi connectivity index (χ0) is 10.4. The highest BCUT2D eigenvalue weighted by molar-refractivity contribution is 5.83. The highest BCUT2D eigenvalue weighted by atomic mass is 16.4. The predicted octanol–water partition coefficient (Wildman–Crippen LogP) is -1.57. The third-order valence-electron chi connectivity index (χ3n) is 1.73. The number of carbonyl (C=O) groups excluding carboxylic acids is 1. The first-order valence-electron chi connectivity index (χ1n) is 4.22. The number of aliphatic hydroxyl groups excluding tert-OH is 4. The normalized spacial score (nSPS) is 17.9. The second-order valence-corrected chi connectivity index (χ2v) is 2.90. The van der Waals surface area contributed by atoms with E-state index >= 15 is 0 Å². The summed E-state index contributed by atoms with van der Waals surface area (Å²) >= 11 is 0. The van der Waals surface area contributed by atoms with Crippen LogP contribution in [0.25, 0.3) is 0 Å². The molecule has 0 unspecified atom stereocenters. The molecule has 0 aromatic heterocycles. The van der Waals surface area contributed by atoms with E-state index in [0.717, 1.165) is 0 Å². The van der Waals surface area contributed by atoms with Gasteiger partial charge in [-0.15, -0.1) is 0 Å². The van der Waals surface area contributed by atoms with Crippen LogP contribution in [0.3, 0.4) is 0 Å². The standard InChI is InChI=1S/C8H16O5/c1-2-3-5(10)7(12)8(13)6(11)4-9/h6-9,11-13H,2-4H2,1H3/t6-,7+,8+/m1/s1. The highest BCUT2D eigenvalue weighted by Gasteiger charge is 2.28. The van der Waals surface area contributed by atoms with Gasteiger partial charge < -0.3 is 20.4 Å². The average molecular weight is 192 g/mol. The molecule has 78 valence electrons. The third-order valence-corrected chi connectivity index (χ3v) is 1.73. The van der Waals surface area contributed by atoms with Gasteiger partial charge in [-0.05, 0) is 6.42 Å². The lowest BCUT2D eigenvalue weighted by Gasteiger charge is -2.20. The number of hydrogen-bond acceptors (Lipinski definition) is 5. The van der Waals surface area contributed by atoms with Gasteiger partial charge in [0.05, 0.1) is 6.61 Å². The Morgan fingerprint density at radius 3 is 2.23 bits per heavy atom. The van der Waals surface area contributed by atoms with Crippen molar-refractivity contribution in [2.24, 2.45) is 0 Å². The quantitative estimate of drug-likeness (QED) is 0.407. The van der Waals surface area contributed by atoms with Crippen LogP contribution in [0.2, 0.25) is 0 Å². The molecule has 0 saturated carbocycles. The van der Waals surface area contributed by atoms with Gasteiger partial charge in [-0.1, -0.05) is 6.92 Å². The van der Waals surface area contributed by atoms with Gasteiger partial charge >= 0.3 is 0 Å². The molecule has 0 heterocycles. The molecule has 0 aliphatic carbocycles. The fourth-order valence-corrected chi connectivity index (χ4v) is 0.903. The van der Waals surface area contributed by atoms with E-state index in [4.69, 9.17) is 20.4 Å². The summed E-state index contributed by atoms with van der Waals surface area (Å²) in [5.74, 6) is -0.525. The molecular formula is C8H16O5. The summed E-state index contributed by atoms with van der Waals surface area (Å²) in [4.78, 5) is 11.0. The molecule has 0 rings (SSSR count). The lowest BCUT2D eigenvalue weighted by molar-refractivity contribution is -0.140. The van der Waals surface area contributed by atoms with Gasteiger partial charge in [-0.25, -0.2) is 0 Å². The topological polar surface area (TPSA) is 98.0 Å². The van der Waals surface area contributed by atoms with Crippen LogP contribution < -0.4 is 0 Å². The first kappa shape index (κ1) is 12.5. The van der Waals surface area contributed by atoms with E-state index in [1.807, 2.05) is 0 Å². The molecule has 0 fully saturated rings. The second kappa shape index (κ2) is 6.04. The molecule has 0 aliphatic heterocycles. The molecule has 0 aliphatic rings. The van der Waals surface area contributed by atoms with E-state index in [2.05, 4.69) is 0 Å². The number of carbonyl (C=O) groups is 1. The summed E-state index contributed by atoms with van der Waals surface area (Å²) in [5.41, 5.74) is 0. The van der Waals surface area contributed by atoms with Crippen LogP contribution in [0.5, 0.6) is 0 Å². The SMILES string of the molecule is CCCC(=O)[C@H](O)[C@@H](O)[C@H](O)CO. The Kier molecular flexibility index (Phi) is 5.81. The fourth-order valence-electron chi connectivity index (χ4n) is 0.903. The molecule has 0 bridgehead atoms. The smallest absolute Gasteiger partial charge is 0.164 e. The van der Waals surface area contributed by atoms with Crippen LogP contribution in [-0.2, 0) is 4.79 Å². The van der Waals surface area contributed by atoms with E-state index in [9.17, 15) is 4.79 Å². The number of aliphatic hydroxyl groups is 4. The lowest BCUT2D eigenvalue weighted by Crippen LogP contribution is -2.43. The number of Topliss-reactive ketones (excluding diaryl/α,β-unsaturated/α-hetero) is 1. The molecule has 4 N–H and O–H groups in total. The van der Waals surface area contributed by atoms with E-state index in [-0.39, 0.29) is 6.42 Å². The summed E-state index contributed by atoms with van der Waals surface area (Å²) in [6.07, 6.45) is -3.98. The molecule has 0 aromatic rings. The van der Waals surface area contributed by atoms with Crippen molar-refractivity contribution in [3.05, 3.63) is 0 Å². The minimum Gasteiger partial charge on any atom is -0.394 e. The van der Waals surface area contributed by atoms with Gasteiger partial charge in [0.15, 0.2) is 5.78 Å². The van der Waals surface area contributed by atoms with Crippen molar-refractivity contribution in [2.45, 2.75) is 38.1 Å². The Morgan fingerprint density at radius 1 is 1.31 bits per heavy atom. The second-order valence-electron chi connectivity index (χ2n) is 2.90. The maximum atomic E-state index is 11.0. The van der Waals surface area contributed by atoms with E-state index in [1.54, 1.807) is 6.92 Å². The van der Waals surface area contributed by atoms with Crippen LogP contribution in [0, 0.1) is 0 Å². The van der Waals surface area contributed by atoms with E-state index < -0.39 is 30.7 Å². The molecular weight excluding hydrogens is 176 g/mol. The van der Waals surface area contributed by atoms with Crippen LogP contribution in [0.1, 0.15) is 19.8 Å². The van der Waals surface area contributed by atoms with Gasteiger partial charge in [0, 0.05) is 6.42 Å². The first-order valence-corrected chi connectivity index (χ1v) is 4.22. The Labute approximate surface area is 76.6 Å². The number of ketones is 1. The molecule has 0 spiro atoms. The van der Waals surface area contributed by atoms with Gasteiger partial charge in [0.1, 0.15) is 18.3 Å². The molecule has 13 heavy (non-hydrogen) atoms. The number of hydrogen-bond donors (Lipinski definition) is 4. The molecule has 5 heteroatoms. The van der Waals surface area contributed by atoms with Crippen LogP contribution in [0.4, 0.5) is 0 Å². The Hall–Kier alpha value is -0.490. The van der Waals surface area contributed by atoms with Gasteiger partial charge in [-0.3, -0.25) is 4.79 Å². The maximum Gasteiger partial charge on any atom is 0.164 e. The third kappa shape index (κ3) is 3.82. The van der Waals surface area contributed by atoms with Crippen molar-refractivity contribution >= 4 is 5.78 Å². The van der Waals surface area contributed by atoms with Crippen LogP contribution in [0.15, 0.2) is 0 Å². The molecule has 0 radical (unpaired) electrons. The van der Waals surface area contributed by atoms with Gasteiger partial charge in [0.2, 0.25) is 0 Å². The van der Waals surface area contributed by atoms with Crippen molar-refractivity contribution in [3.63, 3.8) is 0 Å². The Morgan fingerprint density at radius 2 is 1.85 bits per heavy atom. The first-order chi connectivity index (χ1) is 6.04. The van der Waals surface area contributed by atoms with Crippen molar-refractivity contribution < 1.29 is 25.2 Å². The Balaban J connectivity index is 4.07. The molecule has 0 saturated heterocycles. The van der Waals surface area contributed by atoms with Crippen molar-refractivity contribution in [1.29, 1.82) is 0 Å². The predicted molar refractivity (Wildman–Crippen MR) is 45.0 cm³/mol. The largest absolute Gasteiger partial charge is 0.394 e. The van der Waals surface area contributed by atoms with Crippen LogP contribution >= 0.6 is 0 Å². The summed E-state index contributed by atoms with van der Waals surface area (Å²) in [6, 6.07) is 0. The Bertz CT molecular complexity index is 159.